The quantitative estimate of drug-likeness (QED) is 0.939. The molecule has 3 saturated heterocycles. The SMILES string of the molecule is O=C(Nc1ccc(-c2ccccc2)cc1)[C@@H]1CN2CCC1CC2. The van der Waals surface area contributed by atoms with Gasteiger partial charge in [-0.2, -0.15) is 0 Å². The Morgan fingerprint density at radius 3 is 2.17 bits per heavy atom. The first-order chi connectivity index (χ1) is 11.3. The van der Waals surface area contributed by atoms with Crippen molar-refractivity contribution in [1.29, 1.82) is 0 Å². The maximum absolute atomic E-state index is 12.6. The number of rotatable bonds is 3. The molecular formula is C20H22N2O. The Morgan fingerprint density at radius 1 is 0.913 bits per heavy atom. The molecule has 0 unspecified atom stereocenters. The predicted molar refractivity (Wildman–Crippen MR) is 93.2 cm³/mol. The molecule has 0 saturated carbocycles. The number of amides is 1. The van der Waals surface area contributed by atoms with Crippen molar-refractivity contribution in [3.8, 4) is 11.1 Å². The zero-order valence-corrected chi connectivity index (χ0v) is 13.2. The van der Waals surface area contributed by atoms with Crippen molar-refractivity contribution in [2.45, 2.75) is 12.8 Å². The van der Waals surface area contributed by atoms with Gasteiger partial charge in [0, 0.05) is 12.2 Å². The molecule has 2 aromatic rings. The molecule has 1 N–H and O–H groups in total. The van der Waals surface area contributed by atoms with Crippen LogP contribution in [0.5, 0.6) is 0 Å². The minimum Gasteiger partial charge on any atom is -0.326 e. The largest absolute Gasteiger partial charge is 0.326 e. The third kappa shape index (κ3) is 3.02. The van der Waals surface area contributed by atoms with Gasteiger partial charge in [-0.1, -0.05) is 42.5 Å². The lowest BCUT2D eigenvalue weighted by Gasteiger charge is -2.43. The number of carbonyl (C=O) groups excluding carboxylic acids is 1. The first-order valence-corrected chi connectivity index (χ1v) is 8.48. The molecule has 3 aliphatic rings. The van der Waals surface area contributed by atoms with Crippen molar-refractivity contribution in [1.82, 2.24) is 4.90 Å². The van der Waals surface area contributed by atoms with Gasteiger partial charge in [0.2, 0.25) is 5.91 Å². The fourth-order valence-corrected chi connectivity index (χ4v) is 3.87. The number of nitrogens with one attached hydrogen (secondary N) is 1. The number of benzene rings is 2. The lowest BCUT2D eigenvalue weighted by atomic mass is 9.78. The van der Waals surface area contributed by atoms with E-state index in [1.54, 1.807) is 0 Å². The van der Waals surface area contributed by atoms with Crippen molar-refractivity contribution >= 4 is 11.6 Å². The number of hydrogen-bond acceptors (Lipinski definition) is 2. The van der Waals surface area contributed by atoms with Gasteiger partial charge in [-0.15, -0.1) is 0 Å². The van der Waals surface area contributed by atoms with Gasteiger partial charge in [-0.3, -0.25) is 4.79 Å². The molecule has 0 spiro atoms. The highest BCUT2D eigenvalue weighted by molar-refractivity contribution is 5.93. The Morgan fingerprint density at radius 2 is 1.57 bits per heavy atom. The molecule has 2 aromatic carbocycles. The Bertz CT molecular complexity index is 673. The number of carbonyl (C=O) groups is 1. The van der Waals surface area contributed by atoms with Crippen LogP contribution >= 0.6 is 0 Å². The summed E-state index contributed by atoms with van der Waals surface area (Å²) in [6.07, 6.45) is 2.34. The number of hydrogen-bond donors (Lipinski definition) is 1. The topological polar surface area (TPSA) is 32.3 Å². The molecule has 1 atom stereocenters. The van der Waals surface area contributed by atoms with E-state index in [9.17, 15) is 4.79 Å². The standard InChI is InChI=1S/C20H22N2O/c23-20(19-14-22-12-10-17(19)11-13-22)21-18-8-6-16(7-9-18)15-4-2-1-3-5-15/h1-9,17,19H,10-14H2,(H,21,23)/t19-/m1/s1. The molecule has 5 rings (SSSR count). The summed E-state index contributed by atoms with van der Waals surface area (Å²) in [6.45, 7) is 3.26. The van der Waals surface area contributed by atoms with E-state index >= 15 is 0 Å². The zero-order valence-electron chi connectivity index (χ0n) is 13.2. The molecule has 3 nitrogen and oxygen atoms in total. The second-order valence-corrected chi connectivity index (χ2v) is 6.68. The lowest BCUT2D eigenvalue weighted by Crippen LogP contribution is -2.51. The maximum atomic E-state index is 12.6. The van der Waals surface area contributed by atoms with Crippen LogP contribution in [0.3, 0.4) is 0 Å². The van der Waals surface area contributed by atoms with Gasteiger partial charge in [0.15, 0.2) is 0 Å². The van der Waals surface area contributed by atoms with Gasteiger partial charge in [0.25, 0.3) is 0 Å². The minimum atomic E-state index is 0.159. The van der Waals surface area contributed by atoms with Crippen LogP contribution in [0.1, 0.15) is 12.8 Å². The second kappa shape index (κ2) is 6.17. The average molecular weight is 306 g/mol. The molecular weight excluding hydrogens is 284 g/mol. The first-order valence-electron chi connectivity index (χ1n) is 8.48. The highest BCUT2D eigenvalue weighted by Gasteiger charge is 2.38. The maximum Gasteiger partial charge on any atom is 0.229 e. The first kappa shape index (κ1) is 14.5. The Labute approximate surface area is 137 Å². The van der Waals surface area contributed by atoms with Crippen LogP contribution in [0, 0.1) is 11.8 Å². The Hall–Kier alpha value is -2.13. The summed E-state index contributed by atoms with van der Waals surface area (Å²) in [5, 5.41) is 3.11. The second-order valence-electron chi connectivity index (χ2n) is 6.68. The fraction of sp³-hybridized carbons (Fsp3) is 0.350. The van der Waals surface area contributed by atoms with Gasteiger partial charge >= 0.3 is 0 Å². The van der Waals surface area contributed by atoms with Crippen LogP contribution in [-0.4, -0.2) is 30.4 Å². The number of anilines is 1. The third-order valence-corrected chi connectivity index (χ3v) is 5.25. The van der Waals surface area contributed by atoms with E-state index in [1.165, 1.54) is 37.1 Å². The normalized spacial score (nSPS) is 26.0. The number of piperidine rings is 3. The number of nitrogens with zero attached hydrogens (tertiary/aromatic N) is 1. The highest BCUT2D eigenvalue weighted by Crippen LogP contribution is 2.33. The van der Waals surface area contributed by atoms with Gasteiger partial charge in [0.05, 0.1) is 5.92 Å². The molecule has 0 aliphatic carbocycles. The summed E-state index contributed by atoms with van der Waals surface area (Å²) in [7, 11) is 0. The van der Waals surface area contributed by atoms with Crippen LogP contribution < -0.4 is 5.32 Å². The molecule has 23 heavy (non-hydrogen) atoms. The van der Waals surface area contributed by atoms with Crippen LogP contribution in [0.25, 0.3) is 11.1 Å². The van der Waals surface area contributed by atoms with Crippen molar-refractivity contribution < 1.29 is 4.79 Å². The highest BCUT2D eigenvalue weighted by atomic mass is 16.1. The summed E-state index contributed by atoms with van der Waals surface area (Å²) in [6, 6.07) is 18.4. The molecule has 0 radical (unpaired) electrons. The number of fused-ring (bicyclic) bond motifs is 3. The molecule has 1 amide bonds. The van der Waals surface area contributed by atoms with Crippen LogP contribution in [0.4, 0.5) is 5.69 Å². The Balaban J connectivity index is 1.44. The summed E-state index contributed by atoms with van der Waals surface area (Å²) >= 11 is 0. The van der Waals surface area contributed by atoms with E-state index in [0.717, 1.165) is 12.2 Å². The van der Waals surface area contributed by atoms with E-state index in [-0.39, 0.29) is 11.8 Å². The molecule has 2 bridgehead atoms. The minimum absolute atomic E-state index is 0.159. The van der Waals surface area contributed by atoms with Crippen molar-refractivity contribution in [2.75, 3.05) is 25.0 Å². The summed E-state index contributed by atoms with van der Waals surface area (Å²) in [4.78, 5) is 15.0. The zero-order chi connectivity index (χ0) is 15.6. The summed E-state index contributed by atoms with van der Waals surface area (Å²) in [5.74, 6) is 0.918. The Kier molecular flexibility index (Phi) is 3.88. The molecule has 3 aliphatic heterocycles. The third-order valence-electron chi connectivity index (χ3n) is 5.25. The van der Waals surface area contributed by atoms with Crippen molar-refractivity contribution in [2.24, 2.45) is 11.8 Å². The van der Waals surface area contributed by atoms with Crippen LogP contribution in [0.15, 0.2) is 54.6 Å². The van der Waals surface area contributed by atoms with E-state index in [2.05, 4.69) is 34.5 Å². The van der Waals surface area contributed by atoms with Gasteiger partial charge in [-0.05, 0) is 55.1 Å². The fourth-order valence-electron chi connectivity index (χ4n) is 3.87. The summed E-state index contributed by atoms with van der Waals surface area (Å²) in [5.41, 5.74) is 3.26. The van der Waals surface area contributed by atoms with E-state index < -0.39 is 0 Å². The lowest BCUT2D eigenvalue weighted by molar-refractivity contribution is -0.125. The van der Waals surface area contributed by atoms with E-state index in [1.807, 2.05) is 30.3 Å². The van der Waals surface area contributed by atoms with E-state index in [0.29, 0.717) is 5.92 Å². The van der Waals surface area contributed by atoms with Gasteiger partial charge in [0.1, 0.15) is 0 Å². The van der Waals surface area contributed by atoms with E-state index in [4.69, 9.17) is 0 Å². The molecule has 0 aromatic heterocycles. The van der Waals surface area contributed by atoms with Gasteiger partial charge < -0.3 is 10.2 Å². The van der Waals surface area contributed by atoms with Gasteiger partial charge in [-0.25, -0.2) is 0 Å². The molecule has 3 heteroatoms. The molecule has 118 valence electrons. The van der Waals surface area contributed by atoms with Crippen molar-refractivity contribution in [3.05, 3.63) is 54.6 Å². The smallest absolute Gasteiger partial charge is 0.229 e. The van der Waals surface area contributed by atoms with Crippen molar-refractivity contribution in [3.63, 3.8) is 0 Å². The van der Waals surface area contributed by atoms with Crippen LogP contribution in [-0.2, 0) is 4.79 Å². The van der Waals surface area contributed by atoms with Crippen LogP contribution in [0.2, 0.25) is 0 Å². The molecule has 3 heterocycles. The summed E-state index contributed by atoms with van der Waals surface area (Å²) < 4.78 is 0. The predicted octanol–water partition coefficient (Wildman–Crippen LogP) is 3.63. The average Bonchev–Trinajstić information content (AvgIpc) is 2.64. The monoisotopic (exact) mass is 306 g/mol. The molecule has 3 fully saturated rings.